The van der Waals surface area contributed by atoms with E-state index in [0.29, 0.717) is 42.6 Å². The van der Waals surface area contributed by atoms with Crippen LogP contribution >= 0.6 is 15.9 Å². The summed E-state index contributed by atoms with van der Waals surface area (Å²) in [5, 5.41) is 2.86. The molecule has 2 aromatic carbocycles. The largest absolute Gasteiger partial charge is 0.493 e. The standard InChI is InChI=1S/C18H20BrNO4/c1-3-23-17-8-7-13(19)11-16(17)18(21)20-14-5-4-6-15(12-14)24-10-9-22-2/h4-8,11-12H,3,9-10H2,1-2H3,(H,20,21). The molecule has 0 heterocycles. The molecule has 6 heteroatoms. The molecule has 0 radical (unpaired) electrons. The summed E-state index contributed by atoms with van der Waals surface area (Å²) < 4.78 is 16.8. The molecule has 0 saturated heterocycles. The van der Waals surface area contributed by atoms with Crippen molar-refractivity contribution in [3.05, 3.63) is 52.5 Å². The molecule has 2 rings (SSSR count). The van der Waals surface area contributed by atoms with Crippen molar-refractivity contribution < 1.29 is 19.0 Å². The Balaban J connectivity index is 2.12. The number of halogens is 1. The number of hydrogen-bond donors (Lipinski definition) is 1. The summed E-state index contributed by atoms with van der Waals surface area (Å²) in [6.07, 6.45) is 0. The molecule has 1 amide bonds. The lowest BCUT2D eigenvalue weighted by molar-refractivity contribution is 0.102. The SMILES string of the molecule is CCOc1ccc(Br)cc1C(=O)Nc1cccc(OCCOC)c1. The molecule has 0 aromatic heterocycles. The van der Waals surface area contributed by atoms with Crippen molar-refractivity contribution in [2.75, 3.05) is 32.2 Å². The van der Waals surface area contributed by atoms with Gasteiger partial charge in [-0.05, 0) is 37.3 Å². The minimum absolute atomic E-state index is 0.242. The Morgan fingerprint density at radius 2 is 1.96 bits per heavy atom. The van der Waals surface area contributed by atoms with E-state index in [-0.39, 0.29) is 5.91 Å². The molecular weight excluding hydrogens is 374 g/mol. The molecule has 24 heavy (non-hydrogen) atoms. The number of hydrogen-bond acceptors (Lipinski definition) is 4. The van der Waals surface area contributed by atoms with E-state index in [1.54, 1.807) is 31.4 Å². The van der Waals surface area contributed by atoms with Gasteiger partial charge < -0.3 is 19.5 Å². The highest BCUT2D eigenvalue weighted by molar-refractivity contribution is 9.10. The van der Waals surface area contributed by atoms with Crippen molar-refractivity contribution in [1.29, 1.82) is 0 Å². The molecule has 2 aromatic rings. The topological polar surface area (TPSA) is 56.8 Å². The molecule has 0 aliphatic heterocycles. The highest BCUT2D eigenvalue weighted by atomic mass is 79.9. The van der Waals surface area contributed by atoms with Crippen LogP contribution in [0.1, 0.15) is 17.3 Å². The van der Waals surface area contributed by atoms with Gasteiger partial charge in [0.15, 0.2) is 0 Å². The summed E-state index contributed by atoms with van der Waals surface area (Å²) in [4.78, 5) is 12.6. The number of carbonyl (C=O) groups excluding carboxylic acids is 1. The zero-order chi connectivity index (χ0) is 17.4. The number of methoxy groups -OCH3 is 1. The van der Waals surface area contributed by atoms with Crippen LogP contribution in [0.4, 0.5) is 5.69 Å². The van der Waals surface area contributed by atoms with Crippen LogP contribution < -0.4 is 14.8 Å². The number of amides is 1. The van der Waals surface area contributed by atoms with Gasteiger partial charge in [-0.3, -0.25) is 4.79 Å². The first-order valence-electron chi connectivity index (χ1n) is 7.59. The Bertz CT molecular complexity index is 690. The van der Waals surface area contributed by atoms with Crippen LogP contribution in [-0.2, 0) is 4.74 Å². The fourth-order valence-electron chi connectivity index (χ4n) is 2.07. The van der Waals surface area contributed by atoms with E-state index in [2.05, 4.69) is 21.2 Å². The molecule has 128 valence electrons. The lowest BCUT2D eigenvalue weighted by atomic mass is 10.2. The van der Waals surface area contributed by atoms with Gasteiger partial charge in [-0.25, -0.2) is 0 Å². The molecule has 0 atom stereocenters. The van der Waals surface area contributed by atoms with Gasteiger partial charge in [0.2, 0.25) is 0 Å². The first-order chi connectivity index (χ1) is 11.6. The second-order valence-electron chi connectivity index (χ2n) is 4.90. The highest BCUT2D eigenvalue weighted by Gasteiger charge is 2.13. The van der Waals surface area contributed by atoms with Gasteiger partial charge >= 0.3 is 0 Å². The first-order valence-corrected chi connectivity index (χ1v) is 8.39. The van der Waals surface area contributed by atoms with E-state index in [1.165, 1.54) is 0 Å². The maximum absolute atomic E-state index is 12.6. The summed E-state index contributed by atoms with van der Waals surface area (Å²) in [5.74, 6) is 0.976. The Morgan fingerprint density at radius 1 is 1.12 bits per heavy atom. The number of carbonyl (C=O) groups is 1. The third-order valence-corrected chi connectivity index (χ3v) is 3.63. The first kappa shape index (κ1) is 18.3. The van der Waals surface area contributed by atoms with Gasteiger partial charge in [0.1, 0.15) is 18.1 Å². The maximum atomic E-state index is 12.6. The Morgan fingerprint density at radius 3 is 2.71 bits per heavy atom. The predicted octanol–water partition coefficient (Wildman–Crippen LogP) is 4.13. The van der Waals surface area contributed by atoms with Crippen LogP contribution in [0.2, 0.25) is 0 Å². The van der Waals surface area contributed by atoms with Gasteiger partial charge in [0, 0.05) is 23.3 Å². The molecule has 5 nitrogen and oxygen atoms in total. The lowest BCUT2D eigenvalue weighted by Crippen LogP contribution is -2.14. The van der Waals surface area contributed by atoms with Gasteiger partial charge in [-0.15, -0.1) is 0 Å². The zero-order valence-electron chi connectivity index (χ0n) is 13.7. The minimum Gasteiger partial charge on any atom is -0.493 e. The third kappa shape index (κ3) is 5.25. The molecule has 0 bridgehead atoms. The number of rotatable bonds is 8. The van der Waals surface area contributed by atoms with E-state index in [4.69, 9.17) is 14.2 Å². The van der Waals surface area contributed by atoms with E-state index in [9.17, 15) is 4.79 Å². The smallest absolute Gasteiger partial charge is 0.259 e. The van der Waals surface area contributed by atoms with Crippen LogP contribution in [-0.4, -0.2) is 32.8 Å². The molecule has 0 fully saturated rings. The van der Waals surface area contributed by atoms with Crippen molar-refractivity contribution in [1.82, 2.24) is 0 Å². The molecular formula is C18H20BrNO4. The zero-order valence-corrected chi connectivity index (χ0v) is 15.3. The van der Waals surface area contributed by atoms with Crippen LogP contribution in [0.5, 0.6) is 11.5 Å². The Hall–Kier alpha value is -2.05. The van der Waals surface area contributed by atoms with E-state index >= 15 is 0 Å². The van der Waals surface area contributed by atoms with Crippen molar-refractivity contribution in [2.45, 2.75) is 6.92 Å². The van der Waals surface area contributed by atoms with E-state index in [1.807, 2.05) is 25.1 Å². The van der Waals surface area contributed by atoms with Crippen LogP contribution in [0.15, 0.2) is 46.9 Å². The fourth-order valence-corrected chi connectivity index (χ4v) is 2.43. The summed E-state index contributed by atoms with van der Waals surface area (Å²) in [5.41, 5.74) is 1.12. The van der Waals surface area contributed by atoms with Gasteiger partial charge in [-0.1, -0.05) is 22.0 Å². The van der Waals surface area contributed by atoms with Crippen LogP contribution in [0.25, 0.3) is 0 Å². The predicted molar refractivity (Wildman–Crippen MR) is 97.1 cm³/mol. The monoisotopic (exact) mass is 393 g/mol. The fraction of sp³-hybridized carbons (Fsp3) is 0.278. The van der Waals surface area contributed by atoms with Crippen LogP contribution in [0, 0.1) is 0 Å². The number of nitrogens with one attached hydrogen (secondary N) is 1. The molecule has 0 saturated carbocycles. The average Bonchev–Trinajstić information content (AvgIpc) is 2.57. The van der Waals surface area contributed by atoms with Gasteiger partial charge in [0.05, 0.1) is 18.8 Å². The minimum atomic E-state index is -0.242. The Kier molecular flexibility index (Phi) is 7.08. The maximum Gasteiger partial charge on any atom is 0.259 e. The quantitative estimate of drug-likeness (QED) is 0.685. The highest BCUT2D eigenvalue weighted by Crippen LogP contribution is 2.25. The van der Waals surface area contributed by atoms with Crippen molar-refractivity contribution in [3.8, 4) is 11.5 Å². The normalized spacial score (nSPS) is 10.3. The van der Waals surface area contributed by atoms with Crippen molar-refractivity contribution in [2.24, 2.45) is 0 Å². The average molecular weight is 394 g/mol. The Labute approximate surface area is 150 Å². The molecule has 0 aliphatic rings. The number of anilines is 1. The second kappa shape index (κ2) is 9.30. The summed E-state index contributed by atoms with van der Waals surface area (Å²) >= 11 is 3.38. The molecule has 0 spiro atoms. The summed E-state index contributed by atoms with van der Waals surface area (Å²) in [7, 11) is 1.62. The lowest BCUT2D eigenvalue weighted by Gasteiger charge is -2.12. The third-order valence-electron chi connectivity index (χ3n) is 3.13. The molecule has 0 unspecified atom stereocenters. The van der Waals surface area contributed by atoms with Crippen LogP contribution in [0.3, 0.4) is 0 Å². The van der Waals surface area contributed by atoms with E-state index in [0.717, 1.165) is 4.47 Å². The molecule has 1 N–H and O–H groups in total. The molecule has 0 aliphatic carbocycles. The van der Waals surface area contributed by atoms with Gasteiger partial charge in [0.25, 0.3) is 5.91 Å². The van der Waals surface area contributed by atoms with Crippen molar-refractivity contribution in [3.63, 3.8) is 0 Å². The number of benzene rings is 2. The van der Waals surface area contributed by atoms with E-state index < -0.39 is 0 Å². The second-order valence-corrected chi connectivity index (χ2v) is 5.81. The summed E-state index contributed by atoms with van der Waals surface area (Å²) in [6, 6.07) is 12.6. The number of ether oxygens (including phenoxy) is 3. The van der Waals surface area contributed by atoms with Gasteiger partial charge in [-0.2, -0.15) is 0 Å². The summed E-state index contributed by atoms with van der Waals surface area (Å²) in [6.45, 7) is 3.33. The van der Waals surface area contributed by atoms with Crippen molar-refractivity contribution >= 4 is 27.5 Å².